The molecule has 0 saturated heterocycles. The highest BCUT2D eigenvalue weighted by Crippen LogP contribution is 2.24. The predicted octanol–water partition coefficient (Wildman–Crippen LogP) is 3.12. The summed E-state index contributed by atoms with van der Waals surface area (Å²) in [4.78, 5) is 19.0. The summed E-state index contributed by atoms with van der Waals surface area (Å²) in [6.45, 7) is 0. The third-order valence-corrected chi connectivity index (χ3v) is 2.76. The molecule has 0 bridgehead atoms. The molecule has 5 nitrogen and oxygen atoms in total. The van der Waals surface area contributed by atoms with Crippen LogP contribution in [0.5, 0.6) is 11.5 Å². The molecule has 98 valence electrons. The first kappa shape index (κ1) is 12.1. The highest BCUT2D eigenvalue weighted by Gasteiger charge is 2.06. The van der Waals surface area contributed by atoms with E-state index in [9.17, 15) is 4.79 Å². The number of rotatable bonds is 3. The summed E-state index contributed by atoms with van der Waals surface area (Å²) < 4.78 is 5.59. The molecule has 2 aromatic heterocycles. The van der Waals surface area contributed by atoms with Gasteiger partial charge in [0.15, 0.2) is 0 Å². The molecular weight excluding hydrogens is 256 g/mol. The lowest BCUT2D eigenvalue weighted by molar-refractivity contribution is 0.0696. The van der Waals surface area contributed by atoms with Gasteiger partial charge in [-0.05, 0) is 18.2 Å². The van der Waals surface area contributed by atoms with Gasteiger partial charge in [-0.15, -0.1) is 0 Å². The minimum absolute atomic E-state index is 0.0799. The van der Waals surface area contributed by atoms with Gasteiger partial charge in [0.25, 0.3) is 0 Å². The fourth-order valence-electron chi connectivity index (χ4n) is 1.83. The second kappa shape index (κ2) is 4.97. The fraction of sp³-hybridized carbons (Fsp3) is 0. The molecule has 0 radical (unpaired) electrons. The van der Waals surface area contributed by atoms with Crippen LogP contribution in [0.3, 0.4) is 0 Å². The van der Waals surface area contributed by atoms with Crippen LogP contribution in [0.15, 0.2) is 55.0 Å². The van der Waals surface area contributed by atoms with Crippen molar-refractivity contribution in [3.8, 4) is 11.5 Å². The zero-order valence-electron chi connectivity index (χ0n) is 10.4. The molecule has 3 aromatic rings. The SMILES string of the molecule is O=C(O)c1cncc(Oc2cnc3ccccc3c2)c1. The molecule has 0 aliphatic carbocycles. The van der Waals surface area contributed by atoms with Crippen LogP contribution in [0.4, 0.5) is 0 Å². The molecule has 0 aliphatic heterocycles. The number of nitrogens with zero attached hydrogens (tertiary/aromatic N) is 2. The van der Waals surface area contributed by atoms with Crippen LogP contribution in [-0.2, 0) is 0 Å². The topological polar surface area (TPSA) is 72.3 Å². The van der Waals surface area contributed by atoms with Crippen LogP contribution in [-0.4, -0.2) is 21.0 Å². The smallest absolute Gasteiger partial charge is 0.337 e. The maximum Gasteiger partial charge on any atom is 0.337 e. The summed E-state index contributed by atoms with van der Waals surface area (Å²) in [6.07, 6.45) is 4.32. The normalized spacial score (nSPS) is 10.4. The van der Waals surface area contributed by atoms with E-state index in [0.29, 0.717) is 11.5 Å². The predicted molar refractivity (Wildman–Crippen MR) is 73.0 cm³/mol. The molecule has 0 spiro atoms. The number of hydrogen-bond acceptors (Lipinski definition) is 4. The number of carbonyl (C=O) groups is 1. The quantitative estimate of drug-likeness (QED) is 0.788. The summed E-state index contributed by atoms with van der Waals surface area (Å²) in [5.74, 6) is -0.144. The number of aromatic nitrogens is 2. The number of para-hydroxylation sites is 1. The molecule has 20 heavy (non-hydrogen) atoms. The summed E-state index contributed by atoms with van der Waals surface area (Å²) in [5.41, 5.74) is 0.952. The number of carboxylic acids is 1. The zero-order chi connectivity index (χ0) is 13.9. The van der Waals surface area contributed by atoms with Crippen LogP contribution in [0.25, 0.3) is 10.9 Å². The largest absolute Gasteiger partial charge is 0.478 e. The summed E-state index contributed by atoms with van der Waals surface area (Å²) in [5, 5.41) is 9.86. The molecular formula is C15H10N2O3. The van der Waals surface area contributed by atoms with Crippen LogP contribution in [0, 0.1) is 0 Å². The van der Waals surface area contributed by atoms with E-state index in [1.807, 2.05) is 30.3 Å². The Morgan fingerprint density at radius 3 is 2.70 bits per heavy atom. The van der Waals surface area contributed by atoms with Crippen molar-refractivity contribution in [3.05, 3.63) is 60.6 Å². The maximum absolute atomic E-state index is 10.9. The van der Waals surface area contributed by atoms with Gasteiger partial charge in [0.1, 0.15) is 11.5 Å². The number of hydrogen-bond donors (Lipinski definition) is 1. The summed E-state index contributed by atoms with van der Waals surface area (Å²) in [6, 6.07) is 10.9. The molecule has 2 heterocycles. The van der Waals surface area contributed by atoms with E-state index in [4.69, 9.17) is 9.84 Å². The lowest BCUT2D eigenvalue weighted by Gasteiger charge is -2.06. The van der Waals surface area contributed by atoms with Gasteiger partial charge in [0.05, 0.1) is 23.5 Å². The first-order valence-corrected chi connectivity index (χ1v) is 5.93. The summed E-state index contributed by atoms with van der Waals surface area (Å²) in [7, 11) is 0. The van der Waals surface area contributed by atoms with Crippen LogP contribution >= 0.6 is 0 Å². The highest BCUT2D eigenvalue weighted by atomic mass is 16.5. The standard InChI is InChI=1S/C15H10N2O3/c18-15(19)11-6-12(8-16-7-11)20-13-5-10-3-1-2-4-14(10)17-9-13/h1-9H,(H,18,19). The molecule has 0 saturated carbocycles. The van der Waals surface area contributed by atoms with Gasteiger partial charge in [-0.3, -0.25) is 9.97 Å². The number of aromatic carboxylic acids is 1. The van der Waals surface area contributed by atoms with Crippen molar-refractivity contribution in [3.63, 3.8) is 0 Å². The van der Waals surface area contributed by atoms with Gasteiger partial charge in [0.2, 0.25) is 0 Å². The van der Waals surface area contributed by atoms with Gasteiger partial charge in [-0.2, -0.15) is 0 Å². The average molecular weight is 266 g/mol. The lowest BCUT2D eigenvalue weighted by atomic mass is 10.2. The Kier molecular flexibility index (Phi) is 3.01. The number of pyridine rings is 2. The van der Waals surface area contributed by atoms with E-state index in [-0.39, 0.29) is 5.56 Å². The van der Waals surface area contributed by atoms with Crippen molar-refractivity contribution in [2.75, 3.05) is 0 Å². The Morgan fingerprint density at radius 2 is 1.85 bits per heavy atom. The van der Waals surface area contributed by atoms with Gasteiger partial charge in [-0.25, -0.2) is 4.79 Å². The molecule has 0 amide bonds. The first-order chi connectivity index (χ1) is 9.72. The van der Waals surface area contributed by atoms with E-state index in [2.05, 4.69) is 9.97 Å². The van der Waals surface area contributed by atoms with Crippen molar-refractivity contribution in [2.45, 2.75) is 0 Å². The number of benzene rings is 1. The van der Waals surface area contributed by atoms with Crippen LogP contribution < -0.4 is 4.74 Å². The molecule has 3 rings (SSSR count). The minimum atomic E-state index is -1.04. The fourth-order valence-corrected chi connectivity index (χ4v) is 1.83. The monoisotopic (exact) mass is 266 g/mol. The van der Waals surface area contributed by atoms with E-state index in [1.165, 1.54) is 18.5 Å². The Labute approximate surface area is 114 Å². The van der Waals surface area contributed by atoms with E-state index in [0.717, 1.165) is 10.9 Å². The minimum Gasteiger partial charge on any atom is -0.478 e. The van der Waals surface area contributed by atoms with E-state index in [1.54, 1.807) is 6.20 Å². The lowest BCUT2D eigenvalue weighted by Crippen LogP contribution is -1.97. The highest BCUT2D eigenvalue weighted by molar-refractivity contribution is 5.87. The molecule has 5 heteroatoms. The van der Waals surface area contributed by atoms with E-state index >= 15 is 0 Å². The third kappa shape index (κ3) is 2.42. The first-order valence-electron chi connectivity index (χ1n) is 5.93. The van der Waals surface area contributed by atoms with Crippen LogP contribution in [0.1, 0.15) is 10.4 Å². The van der Waals surface area contributed by atoms with Crippen LogP contribution in [0.2, 0.25) is 0 Å². The molecule has 0 unspecified atom stereocenters. The van der Waals surface area contributed by atoms with Gasteiger partial charge in [-0.1, -0.05) is 18.2 Å². The maximum atomic E-state index is 10.9. The second-order valence-corrected chi connectivity index (χ2v) is 4.18. The van der Waals surface area contributed by atoms with Crippen molar-refractivity contribution in [2.24, 2.45) is 0 Å². The zero-order valence-corrected chi connectivity index (χ0v) is 10.4. The number of carboxylic acid groups (broad SMARTS) is 1. The van der Waals surface area contributed by atoms with Gasteiger partial charge >= 0.3 is 5.97 Å². The Balaban J connectivity index is 1.92. The molecule has 1 aromatic carbocycles. The van der Waals surface area contributed by atoms with Crippen molar-refractivity contribution < 1.29 is 14.6 Å². The molecule has 0 aliphatic rings. The average Bonchev–Trinajstić information content (AvgIpc) is 2.47. The Bertz CT molecular complexity index is 787. The molecule has 0 fully saturated rings. The van der Waals surface area contributed by atoms with Crippen molar-refractivity contribution in [1.29, 1.82) is 0 Å². The third-order valence-electron chi connectivity index (χ3n) is 2.76. The van der Waals surface area contributed by atoms with E-state index < -0.39 is 5.97 Å². The van der Waals surface area contributed by atoms with Crippen molar-refractivity contribution >= 4 is 16.9 Å². The van der Waals surface area contributed by atoms with Crippen molar-refractivity contribution in [1.82, 2.24) is 9.97 Å². The molecule has 0 atom stereocenters. The van der Waals surface area contributed by atoms with Gasteiger partial charge in [0, 0.05) is 11.6 Å². The van der Waals surface area contributed by atoms with Gasteiger partial charge < -0.3 is 9.84 Å². The Hall–Kier alpha value is -2.95. The summed E-state index contributed by atoms with van der Waals surface area (Å²) >= 11 is 0. The Morgan fingerprint density at radius 1 is 1.05 bits per heavy atom. The number of fused-ring (bicyclic) bond motifs is 1. The second-order valence-electron chi connectivity index (χ2n) is 4.18. The number of ether oxygens (including phenoxy) is 1. The molecule has 1 N–H and O–H groups in total.